The molecule has 30 heavy (non-hydrogen) atoms. The number of azo groups is 1. The molecule has 0 aliphatic heterocycles. The molecule has 0 radical (unpaired) electrons. The van der Waals surface area contributed by atoms with Gasteiger partial charge in [0.2, 0.25) is 11.9 Å². The van der Waals surface area contributed by atoms with E-state index >= 15 is 0 Å². The van der Waals surface area contributed by atoms with Gasteiger partial charge in [-0.1, -0.05) is 6.07 Å². The fourth-order valence-electron chi connectivity index (χ4n) is 2.50. The molecule has 0 heterocycles. The quantitative estimate of drug-likeness (QED) is 0.411. The van der Waals surface area contributed by atoms with Crippen LogP contribution in [0.2, 0.25) is 0 Å². The fourth-order valence-corrected chi connectivity index (χ4v) is 2.50. The van der Waals surface area contributed by atoms with E-state index in [2.05, 4.69) is 20.9 Å². The average Bonchev–Trinajstić information content (AvgIpc) is 2.68. The van der Waals surface area contributed by atoms with Gasteiger partial charge in [-0.05, 0) is 55.8 Å². The molecule has 9 nitrogen and oxygen atoms in total. The lowest BCUT2D eigenvalue weighted by Crippen LogP contribution is -2.31. The van der Waals surface area contributed by atoms with Crippen LogP contribution in [0.4, 0.5) is 17.1 Å². The zero-order valence-corrected chi connectivity index (χ0v) is 17.1. The molecule has 0 spiro atoms. The predicted molar refractivity (Wildman–Crippen MR) is 111 cm³/mol. The third-order valence-corrected chi connectivity index (χ3v) is 3.95. The summed E-state index contributed by atoms with van der Waals surface area (Å²) in [5.41, 5.74) is 2.17. The molecule has 0 aliphatic rings. The summed E-state index contributed by atoms with van der Waals surface area (Å²) in [6.07, 6.45) is 0. The van der Waals surface area contributed by atoms with E-state index in [1.165, 1.54) is 27.0 Å². The molecule has 2 rings (SSSR count). The Kier molecular flexibility index (Phi) is 7.51. The number of aryl methyl sites for hydroxylation is 1. The van der Waals surface area contributed by atoms with Crippen molar-refractivity contribution in [1.82, 2.24) is 0 Å². The molecule has 0 aromatic heterocycles. The highest BCUT2D eigenvalue weighted by Gasteiger charge is 2.23. The van der Waals surface area contributed by atoms with Crippen LogP contribution in [0.15, 0.2) is 52.7 Å². The summed E-state index contributed by atoms with van der Waals surface area (Å²) in [6, 6.07) is 9.82. The minimum Gasteiger partial charge on any atom is -0.465 e. The topological polar surface area (TPSA) is 126 Å². The van der Waals surface area contributed by atoms with Gasteiger partial charge in [-0.2, -0.15) is 10.2 Å². The van der Waals surface area contributed by atoms with Gasteiger partial charge < -0.3 is 15.4 Å². The second kappa shape index (κ2) is 10.1. The Bertz CT molecular complexity index is 999. The first-order valence-corrected chi connectivity index (χ1v) is 9.00. The number of methoxy groups -OCH3 is 1. The van der Waals surface area contributed by atoms with Crippen LogP contribution in [0.3, 0.4) is 0 Å². The van der Waals surface area contributed by atoms with E-state index in [9.17, 15) is 19.2 Å². The minimum absolute atomic E-state index is 0.170. The molecule has 156 valence electrons. The number of amides is 2. The van der Waals surface area contributed by atoms with Crippen LogP contribution in [-0.2, 0) is 19.1 Å². The third-order valence-electron chi connectivity index (χ3n) is 3.95. The summed E-state index contributed by atoms with van der Waals surface area (Å²) in [4.78, 5) is 47.5. The van der Waals surface area contributed by atoms with Crippen LogP contribution in [0.25, 0.3) is 0 Å². The number of Topliss-reactive ketones (excluding diaryl/α,β-unsaturated/α-hetero) is 1. The van der Waals surface area contributed by atoms with Crippen LogP contribution in [-0.4, -0.2) is 36.7 Å². The molecular weight excluding hydrogens is 388 g/mol. The Labute approximate surface area is 173 Å². The number of carbonyl (C=O) groups is 4. The van der Waals surface area contributed by atoms with E-state index in [-0.39, 0.29) is 17.2 Å². The lowest BCUT2D eigenvalue weighted by molar-refractivity contribution is -0.126. The standard InChI is InChI=1S/C21H22N4O5/c1-12-5-10-17(21(29)30-4)18(11-12)24-25-19(13(2)26)20(28)23-16-8-6-15(7-9-16)22-14(3)27/h5-11,19H,1-4H3,(H,22,27)(H,23,28). The molecule has 1 atom stereocenters. The van der Waals surface area contributed by atoms with Crippen LogP contribution < -0.4 is 10.6 Å². The Morgan fingerprint density at radius 2 is 1.53 bits per heavy atom. The van der Waals surface area contributed by atoms with Crippen molar-refractivity contribution in [3.63, 3.8) is 0 Å². The largest absolute Gasteiger partial charge is 0.465 e. The summed E-state index contributed by atoms with van der Waals surface area (Å²) < 4.78 is 4.72. The first kappa shape index (κ1) is 22.4. The van der Waals surface area contributed by atoms with E-state index < -0.39 is 23.7 Å². The van der Waals surface area contributed by atoms with E-state index in [0.29, 0.717) is 11.4 Å². The zero-order chi connectivity index (χ0) is 22.3. The van der Waals surface area contributed by atoms with Crippen molar-refractivity contribution in [2.24, 2.45) is 10.2 Å². The number of ketones is 1. The fraction of sp³-hybridized carbons (Fsp3) is 0.238. The van der Waals surface area contributed by atoms with Crippen molar-refractivity contribution in [3.8, 4) is 0 Å². The summed E-state index contributed by atoms with van der Waals surface area (Å²) in [5.74, 6) is -2.01. The van der Waals surface area contributed by atoms with Gasteiger partial charge in [0.15, 0.2) is 5.78 Å². The van der Waals surface area contributed by atoms with Crippen molar-refractivity contribution in [3.05, 3.63) is 53.6 Å². The number of hydrogen-bond acceptors (Lipinski definition) is 7. The van der Waals surface area contributed by atoms with Crippen molar-refractivity contribution >= 4 is 40.6 Å². The normalized spacial score (nSPS) is 11.6. The molecule has 9 heteroatoms. The number of hydrogen-bond donors (Lipinski definition) is 2. The van der Waals surface area contributed by atoms with Crippen LogP contribution in [0.5, 0.6) is 0 Å². The smallest absolute Gasteiger partial charge is 0.340 e. The number of carbonyl (C=O) groups excluding carboxylic acids is 4. The van der Waals surface area contributed by atoms with Gasteiger partial charge in [0.05, 0.1) is 12.7 Å². The highest BCUT2D eigenvalue weighted by molar-refractivity contribution is 6.10. The second-order valence-electron chi connectivity index (χ2n) is 6.49. The van der Waals surface area contributed by atoms with Gasteiger partial charge in [0.1, 0.15) is 5.69 Å². The molecule has 1 unspecified atom stereocenters. The summed E-state index contributed by atoms with van der Waals surface area (Å²) in [5, 5.41) is 13.0. The Hall–Kier alpha value is -3.88. The van der Waals surface area contributed by atoms with Gasteiger partial charge in [0.25, 0.3) is 5.91 Å². The number of benzene rings is 2. The zero-order valence-electron chi connectivity index (χ0n) is 17.1. The number of ether oxygens (including phenoxy) is 1. The highest BCUT2D eigenvalue weighted by Crippen LogP contribution is 2.23. The van der Waals surface area contributed by atoms with Gasteiger partial charge in [-0.25, -0.2) is 4.79 Å². The number of nitrogens with zero attached hydrogens (tertiary/aromatic N) is 2. The highest BCUT2D eigenvalue weighted by atomic mass is 16.5. The molecule has 2 aromatic rings. The molecule has 2 aromatic carbocycles. The van der Waals surface area contributed by atoms with E-state index in [1.807, 2.05) is 0 Å². The summed E-state index contributed by atoms with van der Waals surface area (Å²) in [6.45, 7) is 4.42. The second-order valence-corrected chi connectivity index (χ2v) is 6.49. The van der Waals surface area contributed by atoms with Crippen molar-refractivity contribution in [2.75, 3.05) is 17.7 Å². The maximum absolute atomic E-state index is 12.5. The van der Waals surface area contributed by atoms with E-state index in [1.54, 1.807) is 43.3 Å². The minimum atomic E-state index is -1.40. The van der Waals surface area contributed by atoms with Gasteiger partial charge in [-0.15, -0.1) is 0 Å². The first-order chi connectivity index (χ1) is 14.2. The summed E-state index contributed by atoms with van der Waals surface area (Å²) >= 11 is 0. The molecule has 2 N–H and O–H groups in total. The van der Waals surface area contributed by atoms with Crippen molar-refractivity contribution in [1.29, 1.82) is 0 Å². The predicted octanol–water partition coefficient (Wildman–Crippen LogP) is 3.42. The number of anilines is 2. The van der Waals surface area contributed by atoms with E-state index in [4.69, 9.17) is 4.74 Å². The monoisotopic (exact) mass is 410 g/mol. The first-order valence-electron chi connectivity index (χ1n) is 9.00. The maximum Gasteiger partial charge on any atom is 0.340 e. The molecule has 0 aliphatic carbocycles. The number of esters is 1. The molecule has 0 fully saturated rings. The molecular formula is C21H22N4O5. The number of rotatable bonds is 7. The van der Waals surface area contributed by atoms with Gasteiger partial charge in [-0.3, -0.25) is 14.4 Å². The number of nitrogens with one attached hydrogen (secondary N) is 2. The van der Waals surface area contributed by atoms with Crippen LogP contribution >= 0.6 is 0 Å². The van der Waals surface area contributed by atoms with E-state index in [0.717, 1.165) is 5.56 Å². The Morgan fingerprint density at radius 1 is 0.933 bits per heavy atom. The van der Waals surface area contributed by atoms with Gasteiger partial charge in [0, 0.05) is 18.3 Å². The molecule has 0 bridgehead atoms. The lowest BCUT2D eigenvalue weighted by Gasteiger charge is -2.11. The maximum atomic E-state index is 12.5. The van der Waals surface area contributed by atoms with Crippen molar-refractivity contribution < 1.29 is 23.9 Å². The average molecular weight is 410 g/mol. The Morgan fingerprint density at radius 3 is 2.07 bits per heavy atom. The molecule has 0 saturated heterocycles. The summed E-state index contributed by atoms with van der Waals surface area (Å²) in [7, 11) is 1.24. The lowest BCUT2D eigenvalue weighted by atomic mass is 10.1. The molecule has 2 amide bonds. The SMILES string of the molecule is COC(=O)c1ccc(C)cc1N=NC(C(C)=O)C(=O)Nc1ccc(NC(C)=O)cc1. The van der Waals surface area contributed by atoms with Crippen LogP contribution in [0, 0.1) is 6.92 Å². The van der Waals surface area contributed by atoms with Crippen molar-refractivity contribution in [2.45, 2.75) is 26.8 Å². The third kappa shape index (κ3) is 6.06. The van der Waals surface area contributed by atoms with Gasteiger partial charge >= 0.3 is 5.97 Å². The Balaban J connectivity index is 2.21. The molecule has 0 saturated carbocycles. The van der Waals surface area contributed by atoms with Crippen LogP contribution in [0.1, 0.15) is 29.8 Å².